The smallest absolute Gasteiger partial charge is 0.257 e. The van der Waals surface area contributed by atoms with Gasteiger partial charge in [-0.15, -0.1) is 0 Å². The van der Waals surface area contributed by atoms with Crippen LogP contribution in [0, 0.1) is 0 Å². The van der Waals surface area contributed by atoms with Gasteiger partial charge in [0, 0.05) is 11.6 Å². The van der Waals surface area contributed by atoms with Crippen LogP contribution in [0.2, 0.25) is 5.02 Å². The van der Waals surface area contributed by atoms with E-state index in [0.29, 0.717) is 17.3 Å². The van der Waals surface area contributed by atoms with Crippen LogP contribution in [0.15, 0.2) is 48.5 Å². The summed E-state index contributed by atoms with van der Waals surface area (Å²) in [4.78, 5) is 11.7. The summed E-state index contributed by atoms with van der Waals surface area (Å²) in [6, 6.07) is 15.4. The molecule has 3 nitrogen and oxygen atoms in total. The number of nitrogens with one attached hydrogen (secondary N) is 1. The van der Waals surface area contributed by atoms with Gasteiger partial charge in [-0.3, -0.25) is 4.79 Å². The van der Waals surface area contributed by atoms with Crippen molar-refractivity contribution >= 4 is 17.5 Å². The molecule has 1 N–H and O–H groups in total. The Kier molecular flexibility index (Phi) is 6.28. The highest BCUT2D eigenvalue weighted by Gasteiger charge is 2.03. The first-order valence-corrected chi connectivity index (χ1v) is 7.78. The van der Waals surface area contributed by atoms with Crippen LogP contribution in [0.25, 0.3) is 0 Å². The van der Waals surface area contributed by atoms with Crippen LogP contribution in [0.4, 0.5) is 0 Å². The molecule has 0 spiro atoms. The zero-order valence-electron chi connectivity index (χ0n) is 12.6. The molecule has 0 unspecified atom stereocenters. The van der Waals surface area contributed by atoms with Crippen molar-refractivity contribution in [3.63, 3.8) is 0 Å². The van der Waals surface area contributed by atoms with Crippen LogP contribution in [0.3, 0.4) is 0 Å². The molecule has 2 aromatic carbocycles. The third-order valence-electron chi connectivity index (χ3n) is 3.33. The van der Waals surface area contributed by atoms with Crippen LogP contribution in [0.1, 0.15) is 18.1 Å². The fraction of sp³-hybridized carbons (Fsp3) is 0.278. The number of rotatable bonds is 7. The van der Waals surface area contributed by atoms with Gasteiger partial charge in [-0.2, -0.15) is 0 Å². The van der Waals surface area contributed by atoms with E-state index in [1.54, 1.807) is 0 Å². The second-order valence-corrected chi connectivity index (χ2v) is 5.45. The van der Waals surface area contributed by atoms with Gasteiger partial charge in [0.1, 0.15) is 5.75 Å². The second kappa shape index (κ2) is 8.44. The fourth-order valence-corrected chi connectivity index (χ4v) is 2.27. The molecule has 0 saturated heterocycles. The minimum absolute atomic E-state index is 0.0288. The first kappa shape index (κ1) is 16.4. The van der Waals surface area contributed by atoms with Crippen LogP contribution in [0.5, 0.6) is 5.75 Å². The number of carbonyl (C=O) groups excluding carboxylic acids is 1. The van der Waals surface area contributed by atoms with E-state index in [1.807, 2.05) is 48.5 Å². The summed E-state index contributed by atoms with van der Waals surface area (Å²) in [5.74, 6) is 0.587. The molecule has 0 aliphatic carbocycles. The summed E-state index contributed by atoms with van der Waals surface area (Å²) < 4.78 is 5.46. The monoisotopic (exact) mass is 317 g/mol. The Morgan fingerprint density at radius 1 is 1.14 bits per heavy atom. The second-order valence-electron chi connectivity index (χ2n) is 5.02. The van der Waals surface area contributed by atoms with Gasteiger partial charge in [-0.1, -0.05) is 42.8 Å². The van der Waals surface area contributed by atoms with Crippen molar-refractivity contribution in [1.82, 2.24) is 5.32 Å². The van der Waals surface area contributed by atoms with E-state index in [9.17, 15) is 4.79 Å². The van der Waals surface area contributed by atoms with E-state index in [4.69, 9.17) is 16.3 Å². The number of halogens is 1. The minimum atomic E-state index is -0.124. The van der Waals surface area contributed by atoms with Crippen LogP contribution < -0.4 is 10.1 Å². The lowest BCUT2D eigenvalue weighted by atomic mass is 10.1. The molecule has 116 valence electrons. The number of hydrogen-bond acceptors (Lipinski definition) is 2. The average Bonchev–Trinajstić information content (AvgIpc) is 2.53. The van der Waals surface area contributed by atoms with E-state index >= 15 is 0 Å². The average molecular weight is 318 g/mol. The van der Waals surface area contributed by atoms with Gasteiger partial charge in [-0.05, 0) is 48.2 Å². The van der Waals surface area contributed by atoms with Crippen molar-refractivity contribution in [3.8, 4) is 5.75 Å². The zero-order chi connectivity index (χ0) is 15.8. The highest BCUT2D eigenvalue weighted by Crippen LogP contribution is 2.12. The summed E-state index contributed by atoms with van der Waals surface area (Å²) in [6.45, 7) is 2.70. The van der Waals surface area contributed by atoms with Gasteiger partial charge in [0.05, 0.1) is 0 Å². The van der Waals surface area contributed by atoms with Crippen molar-refractivity contribution in [1.29, 1.82) is 0 Å². The summed E-state index contributed by atoms with van der Waals surface area (Å²) in [5.41, 5.74) is 2.35. The molecular formula is C18H20ClNO2. The molecule has 0 bridgehead atoms. The molecule has 22 heavy (non-hydrogen) atoms. The number of benzene rings is 2. The molecule has 0 aliphatic rings. The normalized spacial score (nSPS) is 10.3. The topological polar surface area (TPSA) is 38.3 Å². The summed E-state index contributed by atoms with van der Waals surface area (Å²) in [6.07, 6.45) is 1.74. The quantitative estimate of drug-likeness (QED) is 0.846. The van der Waals surface area contributed by atoms with E-state index < -0.39 is 0 Å². The molecule has 0 atom stereocenters. The van der Waals surface area contributed by atoms with Gasteiger partial charge in [0.25, 0.3) is 5.91 Å². The Morgan fingerprint density at radius 2 is 1.91 bits per heavy atom. The molecule has 0 saturated carbocycles. The summed E-state index contributed by atoms with van der Waals surface area (Å²) >= 11 is 5.92. The Morgan fingerprint density at radius 3 is 2.59 bits per heavy atom. The highest BCUT2D eigenvalue weighted by atomic mass is 35.5. The lowest BCUT2D eigenvalue weighted by Gasteiger charge is -2.08. The number of hydrogen-bond donors (Lipinski definition) is 1. The molecule has 0 fully saturated rings. The van der Waals surface area contributed by atoms with E-state index in [2.05, 4.69) is 12.2 Å². The molecule has 1 amide bonds. The Bertz CT molecular complexity index is 611. The molecule has 4 heteroatoms. The van der Waals surface area contributed by atoms with Crippen LogP contribution in [-0.4, -0.2) is 19.1 Å². The van der Waals surface area contributed by atoms with Crippen molar-refractivity contribution in [2.24, 2.45) is 0 Å². The van der Waals surface area contributed by atoms with Gasteiger partial charge < -0.3 is 10.1 Å². The Labute approximate surface area is 136 Å². The molecular weight excluding hydrogens is 298 g/mol. The van der Waals surface area contributed by atoms with E-state index in [0.717, 1.165) is 18.4 Å². The Hall–Kier alpha value is -2.00. The van der Waals surface area contributed by atoms with Gasteiger partial charge in [0.2, 0.25) is 0 Å². The van der Waals surface area contributed by atoms with Crippen LogP contribution in [-0.2, 0) is 17.6 Å². The predicted octanol–water partition coefficient (Wildman–Crippen LogP) is 3.64. The zero-order valence-corrected chi connectivity index (χ0v) is 13.4. The lowest BCUT2D eigenvalue weighted by molar-refractivity contribution is -0.123. The highest BCUT2D eigenvalue weighted by molar-refractivity contribution is 6.30. The largest absolute Gasteiger partial charge is 0.484 e. The number of ether oxygens (including phenoxy) is 1. The Balaban J connectivity index is 1.69. The summed E-state index contributed by atoms with van der Waals surface area (Å²) in [7, 11) is 0. The summed E-state index contributed by atoms with van der Waals surface area (Å²) in [5, 5.41) is 3.55. The molecule has 2 aromatic rings. The van der Waals surface area contributed by atoms with Crippen LogP contribution >= 0.6 is 11.6 Å². The third kappa shape index (κ3) is 5.41. The number of amides is 1. The van der Waals surface area contributed by atoms with E-state index in [-0.39, 0.29) is 12.5 Å². The lowest BCUT2D eigenvalue weighted by Crippen LogP contribution is -2.30. The maximum absolute atomic E-state index is 11.7. The SMILES string of the molecule is CCc1ccc(OCC(=O)NCCc2cccc(Cl)c2)cc1. The molecule has 0 aliphatic heterocycles. The maximum atomic E-state index is 11.7. The van der Waals surface area contributed by atoms with Gasteiger partial charge >= 0.3 is 0 Å². The minimum Gasteiger partial charge on any atom is -0.484 e. The molecule has 2 rings (SSSR count). The molecule has 0 heterocycles. The first-order valence-electron chi connectivity index (χ1n) is 7.40. The standard InChI is InChI=1S/C18H20ClNO2/c1-2-14-6-8-17(9-7-14)22-13-18(21)20-11-10-15-4-3-5-16(19)12-15/h3-9,12H,2,10-11,13H2,1H3,(H,20,21). The predicted molar refractivity (Wildman–Crippen MR) is 89.5 cm³/mol. The van der Waals surface area contributed by atoms with Crippen molar-refractivity contribution in [3.05, 3.63) is 64.7 Å². The molecule has 0 radical (unpaired) electrons. The van der Waals surface area contributed by atoms with Crippen molar-refractivity contribution < 1.29 is 9.53 Å². The van der Waals surface area contributed by atoms with Crippen molar-refractivity contribution in [2.45, 2.75) is 19.8 Å². The number of aryl methyl sites for hydroxylation is 1. The molecule has 0 aromatic heterocycles. The van der Waals surface area contributed by atoms with Gasteiger partial charge in [0.15, 0.2) is 6.61 Å². The first-order chi connectivity index (χ1) is 10.7. The number of carbonyl (C=O) groups is 1. The van der Waals surface area contributed by atoms with E-state index in [1.165, 1.54) is 5.56 Å². The third-order valence-corrected chi connectivity index (χ3v) is 3.56. The van der Waals surface area contributed by atoms with Crippen molar-refractivity contribution in [2.75, 3.05) is 13.2 Å². The maximum Gasteiger partial charge on any atom is 0.257 e. The van der Waals surface area contributed by atoms with Gasteiger partial charge in [-0.25, -0.2) is 0 Å². The fourth-order valence-electron chi connectivity index (χ4n) is 2.06.